The predicted molar refractivity (Wildman–Crippen MR) is 105 cm³/mol. The molecule has 1 aliphatic carbocycles. The Hall–Kier alpha value is -3.02. The highest BCUT2D eigenvalue weighted by Crippen LogP contribution is 2.38. The van der Waals surface area contributed by atoms with Gasteiger partial charge in [0.2, 0.25) is 15.9 Å². The molecule has 2 amide bonds. The molecule has 8 heteroatoms. The Kier molecular flexibility index (Phi) is 4.73. The fourth-order valence-corrected chi connectivity index (χ4v) is 5.38. The molecule has 1 aliphatic heterocycles. The van der Waals surface area contributed by atoms with E-state index < -0.39 is 27.9 Å². The van der Waals surface area contributed by atoms with Crippen LogP contribution in [0.2, 0.25) is 0 Å². The second-order valence-electron chi connectivity index (χ2n) is 7.33. The standard InChI is InChI=1S/C21H19N3O4S/c1-14-2-10-18(11-3-14)29(27,28)24(17-8-9-17)19-12-20(25)23(21(19)26)16-6-4-15(13-22)5-7-16/h2-7,10-11,17,19H,8-9,12H2,1H3. The van der Waals surface area contributed by atoms with Crippen molar-refractivity contribution < 1.29 is 18.0 Å². The van der Waals surface area contributed by atoms with E-state index in [0.29, 0.717) is 24.1 Å². The first-order valence-electron chi connectivity index (χ1n) is 9.30. The molecule has 0 spiro atoms. The lowest BCUT2D eigenvalue weighted by Gasteiger charge is -2.26. The number of rotatable bonds is 5. The Balaban J connectivity index is 1.68. The maximum atomic E-state index is 13.3. The van der Waals surface area contributed by atoms with Gasteiger partial charge in [-0.2, -0.15) is 9.57 Å². The van der Waals surface area contributed by atoms with Gasteiger partial charge in [0.1, 0.15) is 6.04 Å². The second kappa shape index (κ2) is 7.10. The third kappa shape index (κ3) is 3.43. The number of benzene rings is 2. The number of nitrogens with zero attached hydrogens (tertiary/aromatic N) is 3. The molecule has 7 nitrogen and oxygen atoms in total. The molecule has 4 rings (SSSR count). The molecular formula is C21H19N3O4S. The first-order valence-corrected chi connectivity index (χ1v) is 10.7. The Morgan fingerprint density at radius 2 is 1.66 bits per heavy atom. The molecule has 1 atom stereocenters. The van der Waals surface area contributed by atoms with Crippen LogP contribution in [0.1, 0.15) is 30.4 Å². The van der Waals surface area contributed by atoms with Crippen molar-refractivity contribution in [2.75, 3.05) is 4.90 Å². The van der Waals surface area contributed by atoms with Crippen molar-refractivity contribution in [2.45, 2.75) is 43.2 Å². The van der Waals surface area contributed by atoms with Gasteiger partial charge in [0.25, 0.3) is 5.91 Å². The van der Waals surface area contributed by atoms with Crippen LogP contribution in [0, 0.1) is 18.3 Å². The lowest BCUT2D eigenvalue weighted by molar-refractivity contribution is -0.122. The number of hydrogen-bond donors (Lipinski definition) is 0. The van der Waals surface area contributed by atoms with Gasteiger partial charge in [-0.15, -0.1) is 0 Å². The van der Waals surface area contributed by atoms with Gasteiger partial charge in [0.05, 0.1) is 28.6 Å². The van der Waals surface area contributed by atoms with E-state index in [0.717, 1.165) is 10.5 Å². The molecule has 1 heterocycles. The normalized spacial score (nSPS) is 19.6. The molecule has 2 aromatic carbocycles. The monoisotopic (exact) mass is 409 g/mol. The Morgan fingerprint density at radius 1 is 1.03 bits per heavy atom. The molecule has 1 saturated heterocycles. The number of hydrogen-bond acceptors (Lipinski definition) is 5. The molecule has 148 valence electrons. The van der Waals surface area contributed by atoms with Crippen LogP contribution in [0.4, 0.5) is 5.69 Å². The third-order valence-corrected chi connectivity index (χ3v) is 7.16. The quantitative estimate of drug-likeness (QED) is 0.706. The van der Waals surface area contributed by atoms with Crippen LogP contribution in [-0.2, 0) is 19.6 Å². The van der Waals surface area contributed by atoms with E-state index in [-0.39, 0.29) is 17.4 Å². The van der Waals surface area contributed by atoms with Gasteiger partial charge in [0.15, 0.2) is 0 Å². The van der Waals surface area contributed by atoms with Crippen LogP contribution in [0.3, 0.4) is 0 Å². The summed E-state index contributed by atoms with van der Waals surface area (Å²) in [4.78, 5) is 26.9. The van der Waals surface area contributed by atoms with Gasteiger partial charge >= 0.3 is 0 Å². The molecule has 0 bridgehead atoms. The van der Waals surface area contributed by atoms with Gasteiger partial charge in [0, 0.05) is 6.04 Å². The highest BCUT2D eigenvalue weighted by atomic mass is 32.2. The van der Waals surface area contributed by atoms with Crippen LogP contribution in [0.5, 0.6) is 0 Å². The first kappa shape index (κ1) is 19.3. The summed E-state index contributed by atoms with van der Waals surface area (Å²) >= 11 is 0. The topological polar surface area (TPSA) is 98.6 Å². The molecule has 2 aliphatic rings. The van der Waals surface area contributed by atoms with Crippen molar-refractivity contribution in [1.82, 2.24) is 4.31 Å². The number of imide groups is 1. The highest BCUT2D eigenvalue weighted by molar-refractivity contribution is 7.89. The Bertz CT molecular complexity index is 1110. The van der Waals surface area contributed by atoms with Gasteiger partial charge in [-0.1, -0.05) is 17.7 Å². The molecule has 0 radical (unpaired) electrons. The molecule has 1 saturated carbocycles. The summed E-state index contributed by atoms with van der Waals surface area (Å²) in [6, 6.07) is 13.2. The predicted octanol–water partition coefficient (Wildman–Crippen LogP) is 2.35. The third-order valence-electron chi connectivity index (χ3n) is 5.19. The summed E-state index contributed by atoms with van der Waals surface area (Å²) < 4.78 is 27.8. The maximum absolute atomic E-state index is 13.3. The molecule has 0 aromatic heterocycles. The highest BCUT2D eigenvalue weighted by Gasteiger charge is 2.51. The van der Waals surface area contributed by atoms with E-state index in [1.807, 2.05) is 13.0 Å². The minimum atomic E-state index is -3.92. The van der Waals surface area contributed by atoms with E-state index in [1.54, 1.807) is 12.1 Å². The lowest BCUT2D eigenvalue weighted by atomic mass is 10.2. The number of aryl methyl sites for hydroxylation is 1. The number of sulfonamides is 1. The number of carbonyl (C=O) groups excluding carboxylic acids is 2. The van der Waals surface area contributed by atoms with Crippen molar-refractivity contribution in [1.29, 1.82) is 5.26 Å². The van der Waals surface area contributed by atoms with Crippen LogP contribution < -0.4 is 4.90 Å². The second-order valence-corrected chi connectivity index (χ2v) is 9.17. The smallest absolute Gasteiger partial charge is 0.252 e. The molecule has 2 aromatic rings. The minimum Gasteiger partial charge on any atom is -0.274 e. The number of amides is 2. The van der Waals surface area contributed by atoms with Crippen LogP contribution in [0.15, 0.2) is 53.4 Å². The molecule has 0 N–H and O–H groups in total. The summed E-state index contributed by atoms with van der Waals surface area (Å²) in [6.07, 6.45) is 1.14. The molecule has 1 unspecified atom stereocenters. The average Bonchev–Trinajstić information content (AvgIpc) is 3.48. The zero-order valence-electron chi connectivity index (χ0n) is 15.8. The van der Waals surface area contributed by atoms with Crippen LogP contribution in [0.25, 0.3) is 0 Å². The van der Waals surface area contributed by atoms with Crippen molar-refractivity contribution in [2.24, 2.45) is 0 Å². The molecule has 2 fully saturated rings. The fourth-order valence-electron chi connectivity index (χ4n) is 3.55. The fraction of sp³-hybridized carbons (Fsp3) is 0.286. The van der Waals surface area contributed by atoms with E-state index in [9.17, 15) is 18.0 Å². The molecule has 29 heavy (non-hydrogen) atoms. The van der Waals surface area contributed by atoms with Gasteiger partial charge in [-0.3, -0.25) is 9.59 Å². The summed E-state index contributed by atoms with van der Waals surface area (Å²) in [5.74, 6) is -1.00. The number of anilines is 1. The van der Waals surface area contributed by atoms with Crippen molar-refractivity contribution in [3.63, 3.8) is 0 Å². The van der Waals surface area contributed by atoms with Crippen LogP contribution in [-0.4, -0.2) is 36.6 Å². The van der Waals surface area contributed by atoms with Gasteiger partial charge in [-0.05, 0) is 56.2 Å². The van der Waals surface area contributed by atoms with E-state index in [4.69, 9.17) is 5.26 Å². The Morgan fingerprint density at radius 3 is 2.21 bits per heavy atom. The van der Waals surface area contributed by atoms with Gasteiger partial charge < -0.3 is 0 Å². The largest absolute Gasteiger partial charge is 0.274 e. The van der Waals surface area contributed by atoms with E-state index >= 15 is 0 Å². The Labute approximate surface area is 169 Å². The SMILES string of the molecule is Cc1ccc(S(=O)(=O)N(C2CC2)C2CC(=O)N(c3ccc(C#N)cc3)C2=O)cc1. The molecular weight excluding hydrogens is 390 g/mol. The lowest BCUT2D eigenvalue weighted by Crippen LogP contribution is -2.46. The zero-order chi connectivity index (χ0) is 20.8. The van der Waals surface area contributed by atoms with Gasteiger partial charge in [-0.25, -0.2) is 13.3 Å². The van der Waals surface area contributed by atoms with Crippen molar-refractivity contribution >= 4 is 27.5 Å². The van der Waals surface area contributed by atoms with Crippen molar-refractivity contribution in [3.05, 3.63) is 59.7 Å². The van der Waals surface area contributed by atoms with Crippen LogP contribution >= 0.6 is 0 Å². The number of carbonyl (C=O) groups is 2. The zero-order valence-corrected chi connectivity index (χ0v) is 16.6. The van der Waals surface area contributed by atoms with E-state index in [2.05, 4.69) is 0 Å². The maximum Gasteiger partial charge on any atom is 0.252 e. The van der Waals surface area contributed by atoms with Crippen molar-refractivity contribution in [3.8, 4) is 6.07 Å². The summed E-state index contributed by atoms with van der Waals surface area (Å²) in [6.45, 7) is 1.86. The minimum absolute atomic E-state index is 0.118. The number of nitriles is 1. The average molecular weight is 409 g/mol. The summed E-state index contributed by atoms with van der Waals surface area (Å²) in [5.41, 5.74) is 1.68. The summed E-state index contributed by atoms with van der Waals surface area (Å²) in [5, 5.41) is 8.92. The van der Waals surface area contributed by atoms with E-state index in [1.165, 1.54) is 40.7 Å². The summed E-state index contributed by atoms with van der Waals surface area (Å²) in [7, 11) is -3.92. The first-order chi connectivity index (χ1) is 13.8.